The van der Waals surface area contributed by atoms with Gasteiger partial charge in [0.25, 0.3) is 5.91 Å². The molecule has 0 atom stereocenters. The lowest BCUT2D eigenvalue weighted by Crippen LogP contribution is -2.16. The van der Waals surface area contributed by atoms with Gasteiger partial charge in [0, 0.05) is 17.1 Å². The number of para-hydroxylation sites is 1. The van der Waals surface area contributed by atoms with Gasteiger partial charge in [-0.2, -0.15) is 5.10 Å². The summed E-state index contributed by atoms with van der Waals surface area (Å²) in [4.78, 5) is 21.3. The van der Waals surface area contributed by atoms with E-state index in [4.69, 9.17) is 4.74 Å². The molecule has 0 aliphatic carbocycles. The average molecular weight is 514 g/mol. The molecule has 0 aliphatic rings. The predicted octanol–water partition coefficient (Wildman–Crippen LogP) is 5.25. The molecule has 5 rings (SSSR count). The highest BCUT2D eigenvalue weighted by molar-refractivity contribution is 7.91. The number of aromatic amines is 1. The van der Waals surface area contributed by atoms with E-state index in [1.807, 2.05) is 54.6 Å². The average Bonchev–Trinajstić information content (AvgIpc) is 3.33. The molecule has 186 valence electrons. The first-order chi connectivity index (χ1) is 17.8. The van der Waals surface area contributed by atoms with Crippen molar-refractivity contribution in [3.63, 3.8) is 0 Å². The fourth-order valence-corrected chi connectivity index (χ4v) is 4.62. The van der Waals surface area contributed by atoms with Crippen LogP contribution in [0.25, 0.3) is 22.0 Å². The van der Waals surface area contributed by atoms with Crippen molar-refractivity contribution in [1.82, 2.24) is 20.2 Å². The van der Waals surface area contributed by atoms with E-state index in [0.717, 1.165) is 11.1 Å². The second-order valence-electron chi connectivity index (χ2n) is 8.59. The topological polar surface area (TPSA) is 127 Å². The van der Waals surface area contributed by atoms with Gasteiger partial charge in [0.2, 0.25) is 0 Å². The maximum Gasteiger partial charge on any atom is 0.276 e. The number of benzene rings is 2. The first kappa shape index (κ1) is 24.1. The van der Waals surface area contributed by atoms with Crippen molar-refractivity contribution < 1.29 is 17.9 Å². The van der Waals surface area contributed by atoms with Gasteiger partial charge in [-0.25, -0.2) is 13.4 Å². The zero-order chi connectivity index (χ0) is 26.0. The third kappa shape index (κ3) is 5.05. The van der Waals surface area contributed by atoms with Gasteiger partial charge in [0.05, 0.1) is 28.8 Å². The molecule has 0 fully saturated rings. The second-order valence-corrected chi connectivity index (χ2v) is 11.0. The van der Waals surface area contributed by atoms with Crippen LogP contribution in [0.3, 0.4) is 0 Å². The molecule has 0 unspecified atom stereocenters. The van der Waals surface area contributed by atoms with Crippen molar-refractivity contribution in [2.75, 3.05) is 5.32 Å². The largest absolute Gasteiger partial charge is 0.456 e. The highest BCUT2D eigenvalue weighted by Crippen LogP contribution is 2.29. The second kappa shape index (κ2) is 9.82. The molecule has 37 heavy (non-hydrogen) atoms. The number of nitrogens with zero attached hydrogens (tertiary/aromatic N) is 3. The van der Waals surface area contributed by atoms with Crippen molar-refractivity contribution in [2.24, 2.45) is 0 Å². The lowest BCUT2D eigenvalue weighted by Gasteiger charge is -2.08. The Morgan fingerprint density at radius 2 is 1.73 bits per heavy atom. The van der Waals surface area contributed by atoms with Crippen LogP contribution < -0.4 is 10.1 Å². The van der Waals surface area contributed by atoms with Crippen LogP contribution in [0.15, 0.2) is 90.3 Å². The van der Waals surface area contributed by atoms with Crippen LogP contribution in [-0.2, 0) is 9.84 Å². The van der Waals surface area contributed by atoms with Gasteiger partial charge >= 0.3 is 0 Å². The van der Waals surface area contributed by atoms with E-state index in [-0.39, 0.29) is 10.7 Å². The Balaban J connectivity index is 1.39. The summed E-state index contributed by atoms with van der Waals surface area (Å²) in [5.41, 5.74) is 2.89. The number of pyridine rings is 2. The van der Waals surface area contributed by atoms with E-state index in [9.17, 15) is 13.2 Å². The van der Waals surface area contributed by atoms with E-state index in [1.54, 1.807) is 26.2 Å². The van der Waals surface area contributed by atoms with Gasteiger partial charge < -0.3 is 10.1 Å². The van der Waals surface area contributed by atoms with Gasteiger partial charge in [-0.15, -0.1) is 0 Å². The molecule has 0 spiro atoms. The number of carbonyl (C=O) groups is 1. The van der Waals surface area contributed by atoms with Crippen molar-refractivity contribution in [3.05, 3.63) is 91.0 Å². The summed E-state index contributed by atoms with van der Waals surface area (Å²) in [5.74, 6) is 0.836. The Labute approximate surface area is 213 Å². The van der Waals surface area contributed by atoms with E-state index in [2.05, 4.69) is 25.5 Å². The molecule has 2 aromatic carbocycles. The Kier molecular flexibility index (Phi) is 6.41. The Bertz CT molecular complexity index is 1680. The van der Waals surface area contributed by atoms with Gasteiger partial charge in [-0.1, -0.05) is 24.3 Å². The fourth-order valence-electron chi connectivity index (χ4n) is 3.68. The molecule has 10 heteroatoms. The van der Waals surface area contributed by atoms with Crippen LogP contribution in [0, 0.1) is 0 Å². The summed E-state index contributed by atoms with van der Waals surface area (Å²) >= 11 is 0. The summed E-state index contributed by atoms with van der Waals surface area (Å²) in [6, 6.07) is 19.8. The van der Waals surface area contributed by atoms with Crippen LogP contribution in [0.4, 0.5) is 5.69 Å². The summed E-state index contributed by atoms with van der Waals surface area (Å²) in [5, 5.41) is 9.78. The Morgan fingerprint density at radius 1 is 0.919 bits per heavy atom. The summed E-state index contributed by atoms with van der Waals surface area (Å²) in [6.45, 7) is 3.18. The monoisotopic (exact) mass is 513 g/mol. The molecule has 0 saturated heterocycles. The number of H-pyrrole nitrogens is 1. The lowest BCUT2D eigenvalue weighted by molar-refractivity contribution is 0.102. The van der Waals surface area contributed by atoms with Crippen LogP contribution in [0.5, 0.6) is 11.5 Å². The van der Waals surface area contributed by atoms with Crippen molar-refractivity contribution >= 4 is 32.3 Å². The zero-order valence-electron chi connectivity index (χ0n) is 20.0. The van der Waals surface area contributed by atoms with Gasteiger partial charge in [0.15, 0.2) is 20.6 Å². The first-order valence-electron chi connectivity index (χ1n) is 11.5. The molecule has 2 N–H and O–H groups in total. The smallest absolute Gasteiger partial charge is 0.276 e. The number of hydrogen-bond donors (Lipinski definition) is 2. The molecular formula is C27H23N5O4S. The van der Waals surface area contributed by atoms with Crippen molar-refractivity contribution in [3.8, 4) is 22.6 Å². The number of aromatic nitrogens is 4. The Morgan fingerprint density at radius 3 is 2.46 bits per heavy atom. The minimum absolute atomic E-state index is 0.0394. The quantitative estimate of drug-likeness (QED) is 0.304. The number of ether oxygens (including phenoxy) is 1. The van der Waals surface area contributed by atoms with Crippen molar-refractivity contribution in [1.29, 1.82) is 0 Å². The molecule has 5 aromatic rings. The summed E-state index contributed by atoms with van der Waals surface area (Å²) in [7, 11) is -3.50. The first-order valence-corrected chi connectivity index (χ1v) is 13.0. The minimum Gasteiger partial charge on any atom is -0.456 e. The van der Waals surface area contributed by atoms with Crippen LogP contribution in [0.2, 0.25) is 0 Å². The van der Waals surface area contributed by atoms with Crippen molar-refractivity contribution in [2.45, 2.75) is 24.1 Å². The SMILES string of the molecule is CC(C)S(=O)(=O)c1ccc(NC(=O)c2n[nH]c3ccc(-c4cncc(Oc5ccccc5)c4)cc23)cn1. The third-order valence-electron chi connectivity index (χ3n) is 5.71. The number of hydrogen-bond acceptors (Lipinski definition) is 7. The van der Waals surface area contributed by atoms with Gasteiger partial charge in [-0.05, 0) is 61.9 Å². The van der Waals surface area contributed by atoms with Crippen LogP contribution >= 0.6 is 0 Å². The molecular weight excluding hydrogens is 490 g/mol. The highest BCUT2D eigenvalue weighted by Gasteiger charge is 2.21. The number of amides is 1. The van der Waals surface area contributed by atoms with E-state index < -0.39 is 21.0 Å². The number of anilines is 1. The number of carbonyl (C=O) groups excluding carboxylic acids is 1. The van der Waals surface area contributed by atoms with Crippen LogP contribution in [-0.4, -0.2) is 39.7 Å². The summed E-state index contributed by atoms with van der Waals surface area (Å²) in [6.07, 6.45) is 4.67. The van der Waals surface area contributed by atoms with Crippen LogP contribution in [0.1, 0.15) is 24.3 Å². The zero-order valence-corrected chi connectivity index (χ0v) is 20.9. The highest BCUT2D eigenvalue weighted by atomic mass is 32.2. The molecule has 0 bridgehead atoms. The third-order valence-corrected chi connectivity index (χ3v) is 7.78. The maximum absolute atomic E-state index is 13.0. The number of rotatable bonds is 7. The maximum atomic E-state index is 13.0. The molecule has 0 aliphatic heterocycles. The normalized spacial score (nSPS) is 11.5. The number of nitrogens with one attached hydrogen (secondary N) is 2. The number of fused-ring (bicyclic) bond motifs is 1. The van der Waals surface area contributed by atoms with E-state index in [0.29, 0.717) is 28.1 Å². The standard InChI is InChI=1S/C27H23N5O4S/c1-17(2)37(34,35)25-11-9-20(15-29-25)30-27(33)26-23-13-18(8-10-24(23)31-32-26)19-12-22(16-28-14-19)36-21-6-4-3-5-7-21/h3-17H,1-2H3,(H,30,33)(H,31,32). The summed E-state index contributed by atoms with van der Waals surface area (Å²) < 4.78 is 30.5. The van der Waals surface area contributed by atoms with Gasteiger partial charge in [-0.3, -0.25) is 14.9 Å². The number of sulfone groups is 1. The minimum atomic E-state index is -3.50. The van der Waals surface area contributed by atoms with E-state index in [1.165, 1.54) is 18.3 Å². The molecule has 9 nitrogen and oxygen atoms in total. The lowest BCUT2D eigenvalue weighted by atomic mass is 10.0. The molecule has 0 saturated carbocycles. The predicted molar refractivity (Wildman–Crippen MR) is 140 cm³/mol. The Hall–Kier alpha value is -4.57. The molecule has 3 aromatic heterocycles. The van der Waals surface area contributed by atoms with Gasteiger partial charge in [0.1, 0.15) is 11.5 Å². The fraction of sp³-hybridized carbons (Fsp3) is 0.111. The molecule has 1 amide bonds. The molecule has 0 radical (unpaired) electrons. The van der Waals surface area contributed by atoms with E-state index >= 15 is 0 Å². The molecule has 3 heterocycles.